The van der Waals surface area contributed by atoms with Gasteiger partial charge in [0.15, 0.2) is 0 Å². The minimum atomic E-state index is -3.96. The fourth-order valence-electron chi connectivity index (χ4n) is 2.39. The zero-order chi connectivity index (χ0) is 17.3. The van der Waals surface area contributed by atoms with E-state index in [0.29, 0.717) is 24.5 Å². The highest BCUT2D eigenvalue weighted by Gasteiger charge is 2.22. The van der Waals surface area contributed by atoms with Crippen molar-refractivity contribution in [3.8, 4) is 5.75 Å². The lowest BCUT2D eigenvalue weighted by Crippen LogP contribution is -2.27. The number of hydrogen-bond donors (Lipinski definition) is 2. The Balaban J connectivity index is 1.81. The van der Waals surface area contributed by atoms with Crippen LogP contribution in [-0.4, -0.2) is 27.5 Å². The van der Waals surface area contributed by atoms with Crippen molar-refractivity contribution in [1.29, 1.82) is 0 Å². The molecule has 24 heavy (non-hydrogen) atoms. The molecule has 1 saturated heterocycles. The van der Waals surface area contributed by atoms with E-state index in [1.54, 1.807) is 36.1 Å². The molecule has 3 N–H and O–H groups in total. The molecule has 0 aliphatic carbocycles. The number of carbonyl (C=O) groups is 1. The van der Waals surface area contributed by atoms with Crippen LogP contribution in [0.25, 0.3) is 0 Å². The van der Waals surface area contributed by atoms with Crippen LogP contribution in [0.2, 0.25) is 0 Å². The number of rotatable bonds is 4. The van der Waals surface area contributed by atoms with E-state index < -0.39 is 10.1 Å². The van der Waals surface area contributed by atoms with Crippen LogP contribution in [-0.2, 0) is 10.1 Å². The lowest BCUT2D eigenvalue weighted by molar-refractivity contribution is 0.252. The molecule has 1 fully saturated rings. The SMILES string of the molecule is Cc1cc(OS(=O)(=O)c2ccc(N3CCNC3=O)cc2)ccc1N. The largest absolute Gasteiger partial charge is 0.399 e. The van der Waals surface area contributed by atoms with E-state index in [1.807, 2.05) is 0 Å². The number of aryl methyl sites for hydroxylation is 1. The predicted molar refractivity (Wildman–Crippen MR) is 90.6 cm³/mol. The van der Waals surface area contributed by atoms with E-state index in [1.165, 1.54) is 18.2 Å². The molecule has 0 radical (unpaired) electrons. The maximum absolute atomic E-state index is 12.3. The number of hydrogen-bond acceptors (Lipinski definition) is 5. The van der Waals surface area contributed by atoms with Gasteiger partial charge in [-0.1, -0.05) is 0 Å². The van der Waals surface area contributed by atoms with Crippen molar-refractivity contribution in [2.45, 2.75) is 11.8 Å². The summed E-state index contributed by atoms with van der Waals surface area (Å²) in [6, 6.07) is 10.5. The van der Waals surface area contributed by atoms with Gasteiger partial charge in [0.1, 0.15) is 10.6 Å². The summed E-state index contributed by atoms with van der Waals surface area (Å²) >= 11 is 0. The maximum atomic E-state index is 12.3. The minimum absolute atomic E-state index is 0.0142. The zero-order valence-electron chi connectivity index (χ0n) is 13.0. The molecule has 0 spiro atoms. The van der Waals surface area contributed by atoms with Gasteiger partial charge in [0, 0.05) is 24.5 Å². The second-order valence-corrected chi connectivity index (χ2v) is 6.98. The lowest BCUT2D eigenvalue weighted by Gasteiger charge is -2.14. The summed E-state index contributed by atoms with van der Waals surface area (Å²) in [5, 5.41) is 2.69. The van der Waals surface area contributed by atoms with Gasteiger partial charge in [0.05, 0.1) is 0 Å². The van der Waals surface area contributed by atoms with Gasteiger partial charge in [-0.3, -0.25) is 4.90 Å². The number of carbonyl (C=O) groups excluding carboxylic acids is 1. The Bertz CT molecular complexity index is 879. The third-order valence-electron chi connectivity index (χ3n) is 3.74. The molecule has 1 aliphatic heterocycles. The number of urea groups is 1. The molecule has 0 atom stereocenters. The highest BCUT2D eigenvalue weighted by Crippen LogP contribution is 2.24. The summed E-state index contributed by atoms with van der Waals surface area (Å²) < 4.78 is 29.8. The summed E-state index contributed by atoms with van der Waals surface area (Å²) in [5.41, 5.74) is 7.64. The van der Waals surface area contributed by atoms with Crippen LogP contribution in [0.4, 0.5) is 16.2 Å². The number of anilines is 2. The van der Waals surface area contributed by atoms with E-state index in [0.717, 1.165) is 5.56 Å². The van der Waals surface area contributed by atoms with Gasteiger partial charge in [-0.25, -0.2) is 4.79 Å². The summed E-state index contributed by atoms with van der Waals surface area (Å²) in [5.74, 6) is 0.199. The Hall–Kier alpha value is -2.74. The van der Waals surface area contributed by atoms with Gasteiger partial charge in [-0.15, -0.1) is 0 Å². The van der Waals surface area contributed by atoms with Gasteiger partial charge in [0.25, 0.3) is 0 Å². The molecule has 1 aliphatic rings. The molecular weight excluding hydrogens is 330 g/mol. The molecule has 2 aromatic carbocycles. The highest BCUT2D eigenvalue weighted by molar-refractivity contribution is 7.87. The molecule has 3 rings (SSSR count). The van der Waals surface area contributed by atoms with Crippen molar-refractivity contribution in [1.82, 2.24) is 5.32 Å². The zero-order valence-corrected chi connectivity index (χ0v) is 13.8. The van der Waals surface area contributed by atoms with Crippen molar-refractivity contribution in [2.24, 2.45) is 0 Å². The summed E-state index contributed by atoms with van der Waals surface area (Å²) in [6.45, 7) is 2.88. The third-order valence-corrected chi connectivity index (χ3v) is 5.00. The van der Waals surface area contributed by atoms with Crippen LogP contribution in [0.1, 0.15) is 5.56 Å². The molecule has 2 aromatic rings. The number of nitrogens with one attached hydrogen (secondary N) is 1. The van der Waals surface area contributed by atoms with E-state index in [4.69, 9.17) is 9.92 Å². The van der Waals surface area contributed by atoms with Crippen LogP contribution >= 0.6 is 0 Å². The van der Waals surface area contributed by atoms with Crippen molar-refractivity contribution in [3.05, 3.63) is 48.0 Å². The Morgan fingerprint density at radius 1 is 1.17 bits per heavy atom. The van der Waals surface area contributed by atoms with Gasteiger partial charge in [0.2, 0.25) is 0 Å². The highest BCUT2D eigenvalue weighted by atomic mass is 32.2. The number of nitrogens with zero attached hydrogens (tertiary/aromatic N) is 1. The fourth-order valence-corrected chi connectivity index (χ4v) is 3.31. The molecule has 1 heterocycles. The molecular formula is C16H17N3O4S. The molecule has 2 amide bonds. The van der Waals surface area contributed by atoms with E-state index in [2.05, 4.69) is 5.32 Å². The molecule has 7 nitrogen and oxygen atoms in total. The molecule has 8 heteroatoms. The van der Waals surface area contributed by atoms with Crippen molar-refractivity contribution in [2.75, 3.05) is 23.7 Å². The average molecular weight is 347 g/mol. The number of nitrogens with two attached hydrogens (primary N) is 1. The first-order valence-corrected chi connectivity index (χ1v) is 8.74. The Kier molecular flexibility index (Phi) is 4.06. The smallest absolute Gasteiger partial charge is 0.339 e. The molecule has 0 aromatic heterocycles. The van der Waals surface area contributed by atoms with Crippen molar-refractivity contribution < 1.29 is 17.4 Å². The minimum Gasteiger partial charge on any atom is -0.399 e. The van der Waals surface area contributed by atoms with Crippen LogP contribution < -0.4 is 20.1 Å². The van der Waals surface area contributed by atoms with Gasteiger partial charge in [-0.2, -0.15) is 8.42 Å². The topological polar surface area (TPSA) is 102 Å². The monoisotopic (exact) mass is 347 g/mol. The molecule has 126 valence electrons. The maximum Gasteiger partial charge on any atom is 0.339 e. The number of amides is 2. The van der Waals surface area contributed by atoms with Crippen LogP contribution in [0.3, 0.4) is 0 Å². The second kappa shape index (κ2) is 6.04. The first-order valence-electron chi connectivity index (χ1n) is 7.33. The molecule has 0 unspecified atom stereocenters. The van der Waals surface area contributed by atoms with E-state index in [9.17, 15) is 13.2 Å². The van der Waals surface area contributed by atoms with Crippen LogP contribution in [0.15, 0.2) is 47.4 Å². The van der Waals surface area contributed by atoms with Gasteiger partial charge < -0.3 is 15.2 Å². The summed E-state index contributed by atoms with van der Waals surface area (Å²) in [6.07, 6.45) is 0. The average Bonchev–Trinajstić information content (AvgIpc) is 2.97. The Morgan fingerprint density at radius 3 is 2.46 bits per heavy atom. The first-order chi connectivity index (χ1) is 11.4. The van der Waals surface area contributed by atoms with Crippen molar-refractivity contribution >= 4 is 27.5 Å². The van der Waals surface area contributed by atoms with Gasteiger partial charge >= 0.3 is 16.1 Å². The molecule has 0 bridgehead atoms. The summed E-state index contributed by atoms with van der Waals surface area (Å²) in [4.78, 5) is 13.2. The number of nitrogen functional groups attached to an aromatic ring is 1. The lowest BCUT2D eigenvalue weighted by atomic mass is 10.2. The quantitative estimate of drug-likeness (QED) is 0.649. The molecule has 0 saturated carbocycles. The third kappa shape index (κ3) is 3.13. The standard InChI is InChI=1S/C16H17N3O4S/c1-11-10-13(4-7-15(11)17)23-24(21,22)14-5-2-12(3-6-14)19-9-8-18-16(19)20/h2-7,10H,8-9,17H2,1H3,(H,18,20). The van der Waals surface area contributed by atoms with Crippen LogP contribution in [0.5, 0.6) is 5.75 Å². The van der Waals surface area contributed by atoms with Crippen molar-refractivity contribution in [3.63, 3.8) is 0 Å². The number of benzene rings is 2. The van der Waals surface area contributed by atoms with Gasteiger partial charge in [-0.05, 0) is 55.0 Å². The van der Waals surface area contributed by atoms with E-state index >= 15 is 0 Å². The second-order valence-electron chi connectivity index (χ2n) is 5.43. The first kappa shape index (κ1) is 16.1. The Morgan fingerprint density at radius 2 is 1.88 bits per heavy atom. The van der Waals surface area contributed by atoms with Crippen LogP contribution in [0, 0.1) is 6.92 Å². The summed E-state index contributed by atoms with van der Waals surface area (Å²) in [7, 11) is -3.96. The normalized spacial score (nSPS) is 14.5. The van der Waals surface area contributed by atoms with E-state index in [-0.39, 0.29) is 16.7 Å². The predicted octanol–water partition coefficient (Wildman–Crippen LogP) is 1.87. The fraction of sp³-hybridized carbons (Fsp3) is 0.188. The Labute approximate surface area is 140 Å².